The minimum Gasteiger partial charge on any atom is -0.352 e. The summed E-state index contributed by atoms with van der Waals surface area (Å²) in [5.41, 5.74) is 8.50. The molecule has 19 heavy (non-hydrogen) atoms. The van der Waals surface area contributed by atoms with Gasteiger partial charge in [-0.15, -0.1) is 0 Å². The molecule has 0 heterocycles. The summed E-state index contributed by atoms with van der Waals surface area (Å²) in [4.78, 5) is 12.3. The van der Waals surface area contributed by atoms with Crippen LogP contribution in [-0.2, 0) is 11.2 Å². The second kappa shape index (κ2) is 4.97. The predicted octanol–water partition coefficient (Wildman–Crippen LogP) is 1.82. The molecule has 3 rings (SSSR count). The monoisotopic (exact) mass is 258 g/mol. The fourth-order valence-corrected chi connectivity index (χ4v) is 3.55. The van der Waals surface area contributed by atoms with Gasteiger partial charge in [-0.3, -0.25) is 4.79 Å². The van der Waals surface area contributed by atoms with E-state index in [4.69, 9.17) is 5.73 Å². The molecule has 1 fully saturated rings. The van der Waals surface area contributed by atoms with Gasteiger partial charge in [-0.2, -0.15) is 0 Å². The molecule has 0 aromatic heterocycles. The first-order valence-corrected chi connectivity index (χ1v) is 7.34. The standard InChI is InChI=1S/C16H22N2O/c1-2-11(9-17)18-16(19)15-13-8-7-10-5-3-4-6-12(10)14(13)15/h3-6,11,13-15H,2,7-9,17H2,1H3,(H,18,19). The van der Waals surface area contributed by atoms with Gasteiger partial charge in [0.2, 0.25) is 5.91 Å². The van der Waals surface area contributed by atoms with Crippen molar-refractivity contribution in [1.29, 1.82) is 0 Å². The molecule has 3 nitrogen and oxygen atoms in total. The van der Waals surface area contributed by atoms with Crippen molar-refractivity contribution in [2.75, 3.05) is 6.54 Å². The smallest absolute Gasteiger partial charge is 0.224 e. The Kier molecular flexibility index (Phi) is 3.31. The van der Waals surface area contributed by atoms with Crippen molar-refractivity contribution in [3.8, 4) is 0 Å². The first-order valence-electron chi connectivity index (χ1n) is 7.34. The van der Waals surface area contributed by atoms with Gasteiger partial charge in [0.05, 0.1) is 0 Å². The lowest BCUT2D eigenvalue weighted by Gasteiger charge is -2.14. The highest BCUT2D eigenvalue weighted by Gasteiger charge is 2.56. The van der Waals surface area contributed by atoms with Crippen LogP contribution in [0.15, 0.2) is 24.3 Å². The zero-order chi connectivity index (χ0) is 13.4. The zero-order valence-corrected chi connectivity index (χ0v) is 11.4. The van der Waals surface area contributed by atoms with Crippen LogP contribution in [-0.4, -0.2) is 18.5 Å². The normalized spacial score (nSPS) is 29.1. The number of carbonyl (C=O) groups is 1. The van der Waals surface area contributed by atoms with E-state index in [1.165, 1.54) is 11.1 Å². The van der Waals surface area contributed by atoms with E-state index in [-0.39, 0.29) is 17.9 Å². The molecule has 4 unspecified atom stereocenters. The average molecular weight is 258 g/mol. The Morgan fingerprint density at radius 1 is 1.47 bits per heavy atom. The van der Waals surface area contributed by atoms with E-state index in [1.54, 1.807) is 0 Å². The van der Waals surface area contributed by atoms with Crippen LogP contribution in [0, 0.1) is 11.8 Å². The third-order valence-corrected chi connectivity index (χ3v) is 4.76. The number of benzene rings is 1. The van der Waals surface area contributed by atoms with Crippen LogP contribution in [0.4, 0.5) is 0 Å². The lowest BCUT2D eigenvalue weighted by molar-refractivity contribution is -0.123. The molecule has 0 aliphatic heterocycles. The van der Waals surface area contributed by atoms with Crippen molar-refractivity contribution in [3.63, 3.8) is 0 Å². The van der Waals surface area contributed by atoms with E-state index < -0.39 is 0 Å². The largest absolute Gasteiger partial charge is 0.352 e. The Hall–Kier alpha value is -1.35. The molecule has 2 aliphatic rings. The maximum atomic E-state index is 12.3. The molecule has 0 saturated heterocycles. The van der Waals surface area contributed by atoms with Gasteiger partial charge in [0.15, 0.2) is 0 Å². The van der Waals surface area contributed by atoms with Crippen molar-refractivity contribution in [3.05, 3.63) is 35.4 Å². The molecular weight excluding hydrogens is 236 g/mol. The molecule has 0 radical (unpaired) electrons. The topological polar surface area (TPSA) is 55.1 Å². The van der Waals surface area contributed by atoms with E-state index in [1.807, 2.05) is 0 Å². The molecule has 3 N–H and O–H groups in total. The highest BCUT2D eigenvalue weighted by Crippen LogP contribution is 2.59. The number of aryl methyl sites for hydroxylation is 1. The summed E-state index contributed by atoms with van der Waals surface area (Å²) in [7, 11) is 0. The van der Waals surface area contributed by atoms with E-state index in [2.05, 4.69) is 36.5 Å². The molecule has 102 valence electrons. The van der Waals surface area contributed by atoms with Crippen molar-refractivity contribution < 1.29 is 4.79 Å². The second-order valence-electron chi connectivity index (χ2n) is 5.80. The maximum Gasteiger partial charge on any atom is 0.224 e. The van der Waals surface area contributed by atoms with Crippen molar-refractivity contribution in [2.45, 2.75) is 38.1 Å². The third-order valence-electron chi connectivity index (χ3n) is 4.76. The lowest BCUT2D eigenvalue weighted by atomic mass is 9.92. The Morgan fingerprint density at radius 3 is 3.00 bits per heavy atom. The molecule has 0 spiro atoms. The van der Waals surface area contributed by atoms with Gasteiger partial charge in [0, 0.05) is 18.5 Å². The Bertz CT molecular complexity index is 481. The molecule has 0 bridgehead atoms. The van der Waals surface area contributed by atoms with Crippen molar-refractivity contribution in [2.24, 2.45) is 17.6 Å². The number of fused-ring (bicyclic) bond motifs is 3. The summed E-state index contributed by atoms with van der Waals surface area (Å²) in [5, 5.41) is 3.10. The maximum absolute atomic E-state index is 12.3. The second-order valence-corrected chi connectivity index (χ2v) is 5.80. The van der Waals surface area contributed by atoms with Crippen LogP contribution >= 0.6 is 0 Å². The van der Waals surface area contributed by atoms with Gasteiger partial charge in [-0.25, -0.2) is 0 Å². The minimum absolute atomic E-state index is 0.130. The number of hydrogen-bond acceptors (Lipinski definition) is 2. The molecular formula is C16H22N2O. The lowest BCUT2D eigenvalue weighted by Crippen LogP contribution is -2.40. The fourth-order valence-electron chi connectivity index (χ4n) is 3.55. The van der Waals surface area contributed by atoms with Crippen molar-refractivity contribution >= 4 is 5.91 Å². The molecule has 4 atom stereocenters. The van der Waals surface area contributed by atoms with E-state index in [0.29, 0.717) is 18.4 Å². The summed E-state index contributed by atoms with van der Waals surface area (Å²) in [6.45, 7) is 2.59. The quantitative estimate of drug-likeness (QED) is 0.865. The average Bonchev–Trinajstić information content (AvgIpc) is 3.19. The Morgan fingerprint density at radius 2 is 2.26 bits per heavy atom. The van der Waals surface area contributed by atoms with E-state index in [0.717, 1.165) is 19.3 Å². The minimum atomic E-state index is 0.130. The van der Waals surface area contributed by atoms with Crippen LogP contribution < -0.4 is 11.1 Å². The molecule has 2 aliphatic carbocycles. The first kappa shape index (κ1) is 12.7. The molecule has 3 heteroatoms. The van der Waals surface area contributed by atoms with E-state index >= 15 is 0 Å². The van der Waals surface area contributed by atoms with E-state index in [9.17, 15) is 4.79 Å². The van der Waals surface area contributed by atoms with Gasteiger partial charge in [0.25, 0.3) is 0 Å². The zero-order valence-electron chi connectivity index (χ0n) is 11.4. The SMILES string of the molecule is CCC(CN)NC(=O)C1C2CCc3ccccc3C21. The summed E-state index contributed by atoms with van der Waals surface area (Å²) < 4.78 is 0. The Balaban J connectivity index is 1.72. The van der Waals surface area contributed by atoms with Gasteiger partial charge >= 0.3 is 0 Å². The number of amides is 1. The first-order chi connectivity index (χ1) is 9.26. The van der Waals surface area contributed by atoms with Crippen LogP contribution in [0.25, 0.3) is 0 Å². The fraction of sp³-hybridized carbons (Fsp3) is 0.562. The Labute approximate surface area is 114 Å². The van der Waals surface area contributed by atoms with Crippen molar-refractivity contribution in [1.82, 2.24) is 5.32 Å². The number of rotatable bonds is 4. The highest BCUT2D eigenvalue weighted by atomic mass is 16.2. The number of hydrogen-bond donors (Lipinski definition) is 2. The molecule has 1 aromatic rings. The van der Waals surface area contributed by atoms with Gasteiger partial charge in [0.1, 0.15) is 0 Å². The summed E-state index contributed by atoms with van der Waals surface area (Å²) in [6.07, 6.45) is 3.18. The van der Waals surface area contributed by atoms with Crippen LogP contribution in [0.5, 0.6) is 0 Å². The van der Waals surface area contributed by atoms with Gasteiger partial charge in [-0.05, 0) is 42.2 Å². The number of carbonyl (C=O) groups excluding carboxylic acids is 1. The van der Waals surface area contributed by atoms with Crippen LogP contribution in [0.2, 0.25) is 0 Å². The third kappa shape index (κ3) is 2.16. The molecule has 1 amide bonds. The summed E-state index contributed by atoms with van der Waals surface area (Å²) in [5.74, 6) is 1.42. The van der Waals surface area contributed by atoms with Gasteiger partial charge in [-0.1, -0.05) is 31.2 Å². The molecule has 1 saturated carbocycles. The summed E-state index contributed by atoms with van der Waals surface area (Å²) >= 11 is 0. The molecule has 1 aromatic carbocycles. The highest BCUT2D eigenvalue weighted by molar-refractivity contribution is 5.84. The van der Waals surface area contributed by atoms with Crippen LogP contribution in [0.3, 0.4) is 0 Å². The predicted molar refractivity (Wildman–Crippen MR) is 75.8 cm³/mol. The summed E-state index contributed by atoms with van der Waals surface area (Å²) in [6, 6.07) is 8.71. The number of nitrogens with one attached hydrogen (secondary N) is 1. The van der Waals surface area contributed by atoms with Gasteiger partial charge < -0.3 is 11.1 Å². The number of nitrogens with two attached hydrogens (primary N) is 1. The van der Waals surface area contributed by atoms with Crippen LogP contribution in [0.1, 0.15) is 36.8 Å².